The van der Waals surface area contributed by atoms with Crippen molar-refractivity contribution >= 4 is 60.4 Å². The van der Waals surface area contributed by atoms with Gasteiger partial charge in [0.25, 0.3) is 0 Å². The molecule has 0 aliphatic heterocycles. The summed E-state index contributed by atoms with van der Waals surface area (Å²) in [6, 6.07) is 83.7. The largest absolute Gasteiger partial charge is 0.309 e. The monoisotopic (exact) mass is 738 g/mol. The van der Waals surface area contributed by atoms with E-state index in [9.17, 15) is 0 Å². The minimum atomic E-state index is 1.10. The number of fused-ring (bicyclic) bond motifs is 6. The van der Waals surface area contributed by atoms with E-state index in [1.165, 1.54) is 65.6 Å². The lowest BCUT2D eigenvalue weighted by Gasteiger charge is -2.30. The number of nitrogens with zero attached hydrogens (tertiary/aromatic N) is 2. The van der Waals surface area contributed by atoms with Crippen LogP contribution in [0.25, 0.3) is 82.4 Å². The third kappa shape index (κ3) is 5.66. The highest BCUT2D eigenvalue weighted by molar-refractivity contribution is 6.16. The van der Waals surface area contributed by atoms with Crippen molar-refractivity contribution in [3.8, 4) is 39.1 Å². The molecule has 0 amide bonds. The fraction of sp³-hybridized carbons (Fsp3) is 0. The fourth-order valence-corrected chi connectivity index (χ4v) is 8.96. The molecule has 0 spiro atoms. The third-order valence-electron chi connectivity index (χ3n) is 11.6. The third-order valence-corrected chi connectivity index (χ3v) is 11.6. The Morgan fingerprint density at radius 3 is 1.64 bits per heavy atom. The number of aromatic nitrogens is 1. The van der Waals surface area contributed by atoms with E-state index in [4.69, 9.17) is 0 Å². The topological polar surface area (TPSA) is 8.17 Å². The predicted molar refractivity (Wildman–Crippen MR) is 247 cm³/mol. The van der Waals surface area contributed by atoms with E-state index in [1.807, 2.05) is 0 Å². The van der Waals surface area contributed by atoms with E-state index in [-0.39, 0.29) is 0 Å². The van der Waals surface area contributed by atoms with Crippen molar-refractivity contribution in [3.05, 3.63) is 231 Å². The highest BCUT2D eigenvalue weighted by atomic mass is 15.1. The Kier molecular flexibility index (Phi) is 8.19. The summed E-state index contributed by atoms with van der Waals surface area (Å²) in [5.41, 5.74) is 14.0. The summed E-state index contributed by atoms with van der Waals surface area (Å²) in [5, 5.41) is 7.48. The zero-order valence-corrected chi connectivity index (χ0v) is 31.8. The molecule has 10 aromatic carbocycles. The molecule has 0 unspecified atom stereocenters. The minimum Gasteiger partial charge on any atom is -0.309 e. The van der Waals surface area contributed by atoms with Crippen LogP contribution in [-0.4, -0.2) is 4.57 Å². The molecule has 11 rings (SSSR count). The fourth-order valence-electron chi connectivity index (χ4n) is 8.96. The van der Waals surface area contributed by atoms with Crippen LogP contribution < -0.4 is 4.90 Å². The van der Waals surface area contributed by atoms with Crippen LogP contribution in [0.15, 0.2) is 231 Å². The summed E-state index contributed by atoms with van der Waals surface area (Å²) in [4.78, 5) is 2.45. The maximum absolute atomic E-state index is 2.45. The second-order valence-electron chi connectivity index (χ2n) is 14.9. The van der Waals surface area contributed by atoms with Gasteiger partial charge in [0.1, 0.15) is 0 Å². The number of rotatable bonds is 7. The molecule has 0 aliphatic rings. The van der Waals surface area contributed by atoms with Gasteiger partial charge in [-0.25, -0.2) is 0 Å². The smallest absolute Gasteiger partial charge is 0.0547 e. The molecule has 2 heteroatoms. The Balaban J connectivity index is 1.11. The average Bonchev–Trinajstić information content (AvgIpc) is 3.65. The van der Waals surface area contributed by atoms with Gasteiger partial charge in [-0.1, -0.05) is 176 Å². The van der Waals surface area contributed by atoms with Crippen molar-refractivity contribution in [1.82, 2.24) is 4.57 Å². The van der Waals surface area contributed by atoms with Crippen molar-refractivity contribution in [3.63, 3.8) is 0 Å². The first-order valence-corrected chi connectivity index (χ1v) is 19.9. The van der Waals surface area contributed by atoms with E-state index >= 15 is 0 Å². The zero-order valence-electron chi connectivity index (χ0n) is 31.8. The van der Waals surface area contributed by atoms with Crippen molar-refractivity contribution in [2.75, 3.05) is 4.90 Å². The van der Waals surface area contributed by atoms with Crippen LogP contribution in [0, 0.1) is 0 Å². The summed E-state index contributed by atoms with van der Waals surface area (Å²) < 4.78 is 2.39. The van der Waals surface area contributed by atoms with E-state index in [0.29, 0.717) is 0 Å². The van der Waals surface area contributed by atoms with Crippen molar-refractivity contribution in [2.45, 2.75) is 0 Å². The standard InChI is InChI=1S/C56H38N2/c1-3-17-39(18-4-1)48-25-9-12-29-52(48)58(45-35-36-47-43(38-45)34-33-40-19-7-8-24-46(40)47)53-30-13-10-26-49(53)41-20-15-21-42(37-41)50-28-16-32-55-56(50)51-27-11-14-31-54(51)57(55)44-22-5-2-6-23-44/h1-38H. The van der Waals surface area contributed by atoms with E-state index in [0.717, 1.165) is 33.9 Å². The molecule has 1 aromatic heterocycles. The molecule has 0 radical (unpaired) electrons. The van der Waals surface area contributed by atoms with Gasteiger partial charge in [-0.05, 0) is 98.4 Å². The molecule has 0 atom stereocenters. The molecular weight excluding hydrogens is 701 g/mol. The number of benzene rings is 10. The summed E-state index contributed by atoms with van der Waals surface area (Å²) in [7, 11) is 0. The summed E-state index contributed by atoms with van der Waals surface area (Å²) in [6.45, 7) is 0. The Morgan fingerprint density at radius 2 is 0.845 bits per heavy atom. The van der Waals surface area contributed by atoms with Gasteiger partial charge < -0.3 is 9.47 Å². The van der Waals surface area contributed by atoms with Gasteiger partial charge in [0.2, 0.25) is 0 Å². The molecule has 272 valence electrons. The van der Waals surface area contributed by atoms with Gasteiger partial charge in [0, 0.05) is 33.3 Å². The van der Waals surface area contributed by atoms with E-state index in [2.05, 4.69) is 240 Å². The Labute approximate surface area is 338 Å². The lowest BCUT2D eigenvalue weighted by atomic mass is 9.94. The molecule has 2 nitrogen and oxygen atoms in total. The predicted octanol–water partition coefficient (Wildman–Crippen LogP) is 15.6. The second kappa shape index (κ2) is 14.1. The number of hydrogen-bond acceptors (Lipinski definition) is 1. The van der Waals surface area contributed by atoms with Crippen LogP contribution in [0.2, 0.25) is 0 Å². The van der Waals surface area contributed by atoms with Gasteiger partial charge in [-0.15, -0.1) is 0 Å². The molecule has 0 saturated heterocycles. The molecule has 11 aromatic rings. The average molecular weight is 739 g/mol. The van der Waals surface area contributed by atoms with Crippen LogP contribution in [0.1, 0.15) is 0 Å². The highest BCUT2D eigenvalue weighted by Gasteiger charge is 2.22. The van der Waals surface area contributed by atoms with Crippen molar-refractivity contribution in [2.24, 2.45) is 0 Å². The Morgan fingerprint density at radius 1 is 0.310 bits per heavy atom. The number of para-hydroxylation sites is 4. The number of anilines is 3. The summed E-state index contributed by atoms with van der Waals surface area (Å²) in [5.74, 6) is 0. The maximum Gasteiger partial charge on any atom is 0.0547 e. The van der Waals surface area contributed by atoms with Crippen molar-refractivity contribution in [1.29, 1.82) is 0 Å². The molecule has 0 aliphatic carbocycles. The molecule has 0 N–H and O–H groups in total. The SMILES string of the molecule is c1ccc(-c2ccccc2N(c2ccc3c(ccc4ccccc43)c2)c2ccccc2-c2cccc(-c3cccc4c3c3ccccc3n4-c3ccccc3)c2)cc1. The summed E-state index contributed by atoms with van der Waals surface area (Å²) >= 11 is 0. The second-order valence-corrected chi connectivity index (χ2v) is 14.9. The zero-order chi connectivity index (χ0) is 38.4. The van der Waals surface area contributed by atoms with Gasteiger partial charge in [-0.3, -0.25) is 0 Å². The molecule has 58 heavy (non-hydrogen) atoms. The first-order valence-electron chi connectivity index (χ1n) is 19.9. The minimum absolute atomic E-state index is 1.10. The lowest BCUT2D eigenvalue weighted by molar-refractivity contribution is 1.18. The highest BCUT2D eigenvalue weighted by Crippen LogP contribution is 2.46. The van der Waals surface area contributed by atoms with Crippen LogP contribution >= 0.6 is 0 Å². The number of hydrogen-bond donors (Lipinski definition) is 0. The molecular formula is C56H38N2. The first-order chi connectivity index (χ1) is 28.8. The van der Waals surface area contributed by atoms with Crippen LogP contribution in [0.4, 0.5) is 17.1 Å². The maximum atomic E-state index is 2.45. The lowest BCUT2D eigenvalue weighted by Crippen LogP contribution is -2.12. The van der Waals surface area contributed by atoms with Gasteiger partial charge in [0.15, 0.2) is 0 Å². The molecule has 0 bridgehead atoms. The van der Waals surface area contributed by atoms with Crippen LogP contribution in [0.5, 0.6) is 0 Å². The molecule has 1 heterocycles. The quantitative estimate of drug-likeness (QED) is 0.148. The summed E-state index contributed by atoms with van der Waals surface area (Å²) in [6.07, 6.45) is 0. The Bertz CT molecular complexity index is 3290. The Hall–Kier alpha value is -7.68. The molecule has 0 fully saturated rings. The van der Waals surface area contributed by atoms with Crippen molar-refractivity contribution < 1.29 is 0 Å². The normalized spacial score (nSPS) is 11.4. The van der Waals surface area contributed by atoms with Gasteiger partial charge >= 0.3 is 0 Å². The molecule has 0 saturated carbocycles. The van der Waals surface area contributed by atoms with E-state index < -0.39 is 0 Å². The van der Waals surface area contributed by atoms with Crippen LogP contribution in [-0.2, 0) is 0 Å². The van der Waals surface area contributed by atoms with Gasteiger partial charge in [0.05, 0.1) is 22.4 Å². The van der Waals surface area contributed by atoms with Crippen LogP contribution in [0.3, 0.4) is 0 Å². The first kappa shape index (κ1) is 33.6. The van der Waals surface area contributed by atoms with E-state index in [1.54, 1.807) is 0 Å². The van der Waals surface area contributed by atoms with Gasteiger partial charge in [-0.2, -0.15) is 0 Å².